The van der Waals surface area contributed by atoms with E-state index in [1.54, 1.807) is 0 Å². The molecule has 2 aromatic carbocycles. The van der Waals surface area contributed by atoms with Crippen LogP contribution in [0.15, 0.2) is 48.5 Å². The Hall–Kier alpha value is -2.57. The predicted molar refractivity (Wildman–Crippen MR) is 149 cm³/mol. The fraction of sp³-hybridized carbons (Fsp3) is 0.533. The van der Waals surface area contributed by atoms with E-state index < -0.39 is 0 Å². The summed E-state index contributed by atoms with van der Waals surface area (Å²) in [6.45, 7) is 4.68. The Bertz CT molecular complexity index is 1060. The fourth-order valence-electron chi connectivity index (χ4n) is 6.23. The molecule has 2 heterocycles. The summed E-state index contributed by atoms with van der Waals surface area (Å²) in [4.78, 5) is 31.5. The van der Waals surface area contributed by atoms with Crippen molar-refractivity contribution in [2.75, 3.05) is 38.2 Å². The van der Waals surface area contributed by atoms with Crippen LogP contribution in [0, 0.1) is 5.92 Å². The molecular formula is C30H40ClN3O3. The number of benzene rings is 2. The average molecular weight is 526 g/mol. The van der Waals surface area contributed by atoms with E-state index in [2.05, 4.69) is 58.3 Å². The monoisotopic (exact) mass is 525 g/mol. The highest BCUT2D eigenvalue weighted by Crippen LogP contribution is 2.34. The molecule has 0 N–H and O–H groups in total. The number of carbonyl (C=O) groups is 2. The Morgan fingerprint density at radius 2 is 1.65 bits per heavy atom. The number of methoxy groups -OCH3 is 1. The van der Waals surface area contributed by atoms with Crippen LogP contribution < -0.4 is 4.90 Å². The number of ether oxygens (including phenoxy) is 1. The van der Waals surface area contributed by atoms with Crippen molar-refractivity contribution in [3.63, 3.8) is 0 Å². The lowest BCUT2D eigenvalue weighted by atomic mass is 9.83. The molecule has 0 atom stereocenters. The van der Waals surface area contributed by atoms with E-state index in [4.69, 9.17) is 4.74 Å². The highest BCUT2D eigenvalue weighted by molar-refractivity contribution is 5.94. The number of esters is 1. The molecule has 2 aliphatic heterocycles. The first-order valence-electron chi connectivity index (χ1n) is 13.6. The van der Waals surface area contributed by atoms with Crippen molar-refractivity contribution in [1.29, 1.82) is 0 Å². The number of amides is 2. The molecule has 1 saturated carbocycles. The molecule has 1 saturated heterocycles. The molecule has 6 nitrogen and oxygen atoms in total. The molecular weight excluding hydrogens is 486 g/mol. The minimum Gasteiger partial charge on any atom is -0.469 e. The summed E-state index contributed by atoms with van der Waals surface area (Å²) in [6.07, 6.45) is 7.73. The van der Waals surface area contributed by atoms with Gasteiger partial charge in [-0.05, 0) is 79.7 Å². The molecule has 37 heavy (non-hydrogen) atoms. The van der Waals surface area contributed by atoms with Gasteiger partial charge in [0.05, 0.1) is 7.11 Å². The fourth-order valence-corrected chi connectivity index (χ4v) is 6.23. The Morgan fingerprint density at radius 1 is 0.919 bits per heavy atom. The first kappa shape index (κ1) is 27.5. The van der Waals surface area contributed by atoms with E-state index in [1.165, 1.54) is 23.8 Å². The minimum atomic E-state index is -0.118. The van der Waals surface area contributed by atoms with E-state index in [0.29, 0.717) is 18.4 Å². The van der Waals surface area contributed by atoms with Crippen LogP contribution in [0.5, 0.6) is 0 Å². The molecule has 3 aliphatic rings. The number of halogens is 1. The normalized spacial score (nSPS) is 22.2. The molecule has 1 aliphatic carbocycles. The van der Waals surface area contributed by atoms with Crippen molar-refractivity contribution in [2.45, 2.75) is 64.0 Å². The van der Waals surface area contributed by atoms with Crippen molar-refractivity contribution in [1.82, 2.24) is 9.80 Å². The summed E-state index contributed by atoms with van der Waals surface area (Å²) in [5.41, 5.74) is 5.22. The third-order valence-electron chi connectivity index (χ3n) is 8.43. The SMILES string of the molecule is COC(=O)CC[C@H]1CC[C@H](N2CCN(c3ccc4c(c3)CCN(Cc3ccccc3)CC4)C2=O)CC1.Cl. The van der Waals surface area contributed by atoms with Gasteiger partial charge in [0, 0.05) is 50.9 Å². The van der Waals surface area contributed by atoms with Gasteiger partial charge in [-0.15, -0.1) is 12.4 Å². The van der Waals surface area contributed by atoms with Gasteiger partial charge in [0.15, 0.2) is 0 Å². The van der Waals surface area contributed by atoms with E-state index in [9.17, 15) is 9.59 Å². The van der Waals surface area contributed by atoms with E-state index in [1.807, 2.05) is 4.90 Å². The van der Waals surface area contributed by atoms with Crippen LogP contribution in [0.25, 0.3) is 0 Å². The third kappa shape index (κ3) is 6.66. The van der Waals surface area contributed by atoms with Crippen LogP contribution in [-0.2, 0) is 28.9 Å². The van der Waals surface area contributed by atoms with Crippen molar-refractivity contribution in [3.05, 3.63) is 65.2 Å². The first-order chi connectivity index (χ1) is 17.6. The topological polar surface area (TPSA) is 53.1 Å². The summed E-state index contributed by atoms with van der Waals surface area (Å²) in [5, 5.41) is 0. The summed E-state index contributed by atoms with van der Waals surface area (Å²) in [7, 11) is 1.45. The maximum Gasteiger partial charge on any atom is 0.324 e. The van der Waals surface area contributed by atoms with Gasteiger partial charge in [0.25, 0.3) is 0 Å². The van der Waals surface area contributed by atoms with Crippen LogP contribution >= 0.6 is 12.4 Å². The number of carbonyl (C=O) groups excluding carboxylic acids is 2. The summed E-state index contributed by atoms with van der Waals surface area (Å²) in [6, 6.07) is 17.9. The number of hydrogen-bond acceptors (Lipinski definition) is 4. The highest BCUT2D eigenvalue weighted by atomic mass is 35.5. The van der Waals surface area contributed by atoms with Gasteiger partial charge >= 0.3 is 12.0 Å². The third-order valence-corrected chi connectivity index (χ3v) is 8.43. The van der Waals surface area contributed by atoms with Gasteiger partial charge in [0.1, 0.15) is 0 Å². The summed E-state index contributed by atoms with van der Waals surface area (Å²) < 4.78 is 4.78. The quantitative estimate of drug-likeness (QED) is 0.450. The van der Waals surface area contributed by atoms with Crippen molar-refractivity contribution >= 4 is 30.1 Å². The number of nitrogens with zero attached hydrogens (tertiary/aromatic N) is 3. The number of rotatable bonds is 7. The van der Waals surface area contributed by atoms with Crippen molar-refractivity contribution < 1.29 is 14.3 Å². The molecule has 2 fully saturated rings. The molecule has 2 amide bonds. The van der Waals surface area contributed by atoms with Crippen LogP contribution in [0.4, 0.5) is 10.5 Å². The predicted octanol–water partition coefficient (Wildman–Crippen LogP) is 5.46. The lowest BCUT2D eigenvalue weighted by molar-refractivity contribution is -0.141. The zero-order valence-corrected chi connectivity index (χ0v) is 22.8. The summed E-state index contributed by atoms with van der Waals surface area (Å²) >= 11 is 0. The molecule has 0 unspecified atom stereocenters. The molecule has 0 bridgehead atoms. The summed E-state index contributed by atoms with van der Waals surface area (Å²) in [5.74, 6) is 0.451. The Labute approximate surface area is 227 Å². The molecule has 5 rings (SSSR count). The second-order valence-electron chi connectivity index (χ2n) is 10.6. The first-order valence-corrected chi connectivity index (χ1v) is 13.6. The van der Waals surface area contributed by atoms with E-state index in [0.717, 1.165) is 83.4 Å². The lowest BCUT2D eigenvalue weighted by Crippen LogP contribution is -2.41. The number of urea groups is 1. The smallest absolute Gasteiger partial charge is 0.324 e. The molecule has 2 aromatic rings. The molecule has 200 valence electrons. The zero-order chi connectivity index (χ0) is 24.9. The van der Waals surface area contributed by atoms with Gasteiger partial charge in [-0.2, -0.15) is 0 Å². The Kier molecular flexibility index (Phi) is 9.49. The molecule has 0 spiro atoms. The Balaban J connectivity index is 0.00000320. The number of anilines is 1. The molecule has 0 radical (unpaired) electrons. The van der Waals surface area contributed by atoms with Gasteiger partial charge in [0.2, 0.25) is 0 Å². The number of hydrogen-bond donors (Lipinski definition) is 0. The minimum absolute atomic E-state index is 0. The van der Waals surface area contributed by atoms with E-state index >= 15 is 0 Å². The molecule has 7 heteroatoms. The van der Waals surface area contributed by atoms with Gasteiger partial charge < -0.3 is 9.64 Å². The highest BCUT2D eigenvalue weighted by Gasteiger charge is 2.36. The van der Waals surface area contributed by atoms with Crippen molar-refractivity contribution in [2.24, 2.45) is 5.92 Å². The maximum atomic E-state index is 13.4. The van der Waals surface area contributed by atoms with E-state index in [-0.39, 0.29) is 24.4 Å². The zero-order valence-electron chi connectivity index (χ0n) is 21.9. The maximum absolute atomic E-state index is 13.4. The lowest BCUT2D eigenvalue weighted by Gasteiger charge is -2.34. The van der Waals surface area contributed by atoms with Gasteiger partial charge in [-0.3, -0.25) is 14.6 Å². The van der Waals surface area contributed by atoms with Gasteiger partial charge in [-0.1, -0.05) is 36.4 Å². The van der Waals surface area contributed by atoms with Crippen LogP contribution in [0.3, 0.4) is 0 Å². The van der Waals surface area contributed by atoms with Gasteiger partial charge in [-0.25, -0.2) is 4.79 Å². The second kappa shape index (κ2) is 12.8. The standard InChI is InChI=1S/C30H39N3O3.ClH/c1-36-29(34)14-9-23-7-11-27(12-8-23)32-19-20-33(30(32)35)28-13-10-25-15-17-31(18-16-26(25)21-28)22-24-5-3-2-4-6-24;/h2-6,10,13,21,23,27H,7-9,11-12,14-20,22H2,1H3;1H/t23-,27-;. The largest absolute Gasteiger partial charge is 0.469 e. The van der Waals surface area contributed by atoms with Crippen LogP contribution in [0.1, 0.15) is 55.2 Å². The Morgan fingerprint density at radius 3 is 2.38 bits per heavy atom. The number of fused-ring (bicyclic) bond motifs is 1. The molecule has 0 aromatic heterocycles. The van der Waals surface area contributed by atoms with Crippen LogP contribution in [-0.4, -0.2) is 61.1 Å². The van der Waals surface area contributed by atoms with Crippen molar-refractivity contribution in [3.8, 4) is 0 Å². The second-order valence-corrected chi connectivity index (χ2v) is 10.6. The van der Waals surface area contributed by atoms with Crippen LogP contribution in [0.2, 0.25) is 0 Å². The average Bonchev–Trinajstić information content (AvgIpc) is 3.19.